The van der Waals surface area contributed by atoms with Crippen LogP contribution in [0.2, 0.25) is 5.02 Å². The summed E-state index contributed by atoms with van der Waals surface area (Å²) in [6, 6.07) is 11.4. The number of benzene rings is 2. The third-order valence-corrected chi connectivity index (χ3v) is 13.4. The maximum Gasteiger partial charge on any atom is 0.264 e. The maximum atomic E-state index is 13.8. The molecule has 1 saturated heterocycles. The van der Waals surface area contributed by atoms with E-state index in [1.807, 2.05) is 12.1 Å². The number of carbonyl (C=O) groups is 1. The highest BCUT2D eigenvalue weighted by Crippen LogP contribution is 2.46. The van der Waals surface area contributed by atoms with Crippen LogP contribution < -0.4 is 14.4 Å². The number of aliphatic hydroxyl groups is 1. The van der Waals surface area contributed by atoms with E-state index in [9.17, 15) is 18.3 Å². The van der Waals surface area contributed by atoms with Gasteiger partial charge in [-0.3, -0.25) is 9.69 Å². The number of sulfonamides is 1. The summed E-state index contributed by atoms with van der Waals surface area (Å²) in [6.07, 6.45) is 13.0. The lowest BCUT2D eigenvalue weighted by Crippen LogP contribution is -2.49. The smallest absolute Gasteiger partial charge is 0.264 e. The number of halogens is 1. The normalized spacial score (nSPS) is 24.9. The Labute approximate surface area is 309 Å². The summed E-state index contributed by atoms with van der Waals surface area (Å²) in [7, 11) is -4.00. The number of hydrogen-bond acceptors (Lipinski definition) is 8. The molecule has 1 amide bonds. The molecule has 1 spiro atoms. The molecule has 51 heavy (non-hydrogen) atoms. The Hall–Kier alpha value is -2.89. The number of aliphatic hydroxyl groups excluding tert-OH is 1. The summed E-state index contributed by atoms with van der Waals surface area (Å²) in [5.41, 5.74) is 3.24. The molecule has 2 heterocycles. The average Bonchev–Trinajstić information content (AvgIpc) is 3.25. The van der Waals surface area contributed by atoms with E-state index in [-0.39, 0.29) is 22.8 Å². The van der Waals surface area contributed by atoms with Gasteiger partial charge in [0.25, 0.3) is 5.91 Å². The first kappa shape index (κ1) is 37.9. The molecule has 0 radical (unpaired) electrons. The number of amides is 1. The zero-order valence-electron chi connectivity index (χ0n) is 29.9. The number of fused-ring (bicyclic) bond motifs is 3. The predicted octanol–water partition coefficient (Wildman–Crippen LogP) is 6.28. The number of nitrogens with zero attached hydrogens (tertiary/aromatic N) is 2. The molecule has 278 valence electrons. The highest BCUT2D eigenvalue weighted by Gasteiger charge is 2.44. The third kappa shape index (κ3) is 8.84. The number of unbranched alkanes of at least 4 members (excludes halogenated alkanes) is 1. The number of morpholine rings is 1. The Balaban J connectivity index is 1.28. The van der Waals surface area contributed by atoms with Gasteiger partial charge in [-0.2, -0.15) is 0 Å². The molecule has 1 saturated carbocycles. The number of nitrogens with one attached hydrogen (secondary N) is 1. The van der Waals surface area contributed by atoms with Gasteiger partial charge in [0.2, 0.25) is 10.0 Å². The molecule has 2 N–H and O–H groups in total. The lowest BCUT2D eigenvalue weighted by Gasteiger charge is -2.45. The number of rotatable bonds is 14. The van der Waals surface area contributed by atoms with Crippen molar-refractivity contribution in [2.24, 2.45) is 11.8 Å². The fourth-order valence-electron chi connectivity index (χ4n) is 8.35. The molecule has 0 aromatic heterocycles. The molecule has 5 atom stereocenters. The summed E-state index contributed by atoms with van der Waals surface area (Å²) >= 11 is 6.45. The van der Waals surface area contributed by atoms with Crippen LogP contribution in [0, 0.1) is 11.8 Å². The largest absolute Gasteiger partial charge is 0.490 e. The van der Waals surface area contributed by atoms with Gasteiger partial charge >= 0.3 is 0 Å². The molecule has 2 aliphatic carbocycles. The number of hydrogen-bond donors (Lipinski definition) is 2. The van der Waals surface area contributed by atoms with Gasteiger partial charge in [0.1, 0.15) is 5.75 Å². The van der Waals surface area contributed by atoms with Crippen molar-refractivity contribution < 1.29 is 27.8 Å². The molecule has 2 fully saturated rings. The molecule has 0 bridgehead atoms. The van der Waals surface area contributed by atoms with Gasteiger partial charge in [0.05, 0.1) is 36.9 Å². The van der Waals surface area contributed by atoms with Crippen LogP contribution in [-0.4, -0.2) is 88.2 Å². The SMILES string of the molecule is C=CCCC(CN1CCOCC1)S(=O)(=O)NC(=O)c1ccc2c(c1)N(C[C@@H]1CC[C@H]1C(O)/C=C/CCC)C[C@@]1(CCCc3cc(Cl)ccc31)CO2. The van der Waals surface area contributed by atoms with Crippen LogP contribution in [0.1, 0.15) is 79.8 Å². The van der Waals surface area contributed by atoms with E-state index < -0.39 is 27.3 Å². The van der Waals surface area contributed by atoms with Crippen molar-refractivity contribution in [1.29, 1.82) is 0 Å². The number of aryl methyl sites for hydroxylation is 1. The van der Waals surface area contributed by atoms with Crippen molar-refractivity contribution >= 4 is 33.2 Å². The number of anilines is 1. The van der Waals surface area contributed by atoms with E-state index in [1.165, 1.54) is 11.1 Å². The maximum absolute atomic E-state index is 13.8. The van der Waals surface area contributed by atoms with Crippen LogP contribution in [0.5, 0.6) is 5.75 Å². The van der Waals surface area contributed by atoms with Crippen LogP contribution in [0.15, 0.2) is 61.2 Å². The lowest BCUT2D eigenvalue weighted by atomic mass is 9.68. The van der Waals surface area contributed by atoms with Gasteiger partial charge in [-0.1, -0.05) is 49.2 Å². The van der Waals surface area contributed by atoms with Crippen molar-refractivity contribution in [1.82, 2.24) is 9.62 Å². The van der Waals surface area contributed by atoms with Crippen molar-refractivity contribution in [3.8, 4) is 5.75 Å². The second-order valence-electron chi connectivity index (χ2n) is 14.9. The summed E-state index contributed by atoms with van der Waals surface area (Å²) in [5, 5.41) is 11.1. The lowest BCUT2D eigenvalue weighted by molar-refractivity contribution is 0.0375. The van der Waals surface area contributed by atoms with Crippen molar-refractivity contribution in [2.75, 3.05) is 57.4 Å². The monoisotopic (exact) mass is 739 g/mol. The molecule has 2 unspecified atom stereocenters. The molecular weight excluding hydrogens is 686 g/mol. The molecule has 2 aromatic rings. The minimum absolute atomic E-state index is 0.148. The van der Waals surface area contributed by atoms with E-state index in [2.05, 4.69) is 46.2 Å². The van der Waals surface area contributed by atoms with Crippen LogP contribution in [-0.2, 0) is 26.6 Å². The van der Waals surface area contributed by atoms with Gasteiger partial charge in [-0.05, 0) is 105 Å². The third-order valence-electron chi connectivity index (χ3n) is 11.4. The van der Waals surface area contributed by atoms with E-state index in [1.54, 1.807) is 24.3 Å². The second-order valence-corrected chi connectivity index (χ2v) is 17.3. The van der Waals surface area contributed by atoms with Crippen LogP contribution in [0.3, 0.4) is 0 Å². The molecule has 9 nitrogen and oxygen atoms in total. The van der Waals surface area contributed by atoms with Gasteiger partial charge in [0, 0.05) is 48.7 Å². The zero-order chi connectivity index (χ0) is 36.0. The topological polar surface area (TPSA) is 108 Å². The quantitative estimate of drug-likeness (QED) is 0.218. The van der Waals surface area contributed by atoms with Crippen LogP contribution in [0.4, 0.5) is 5.69 Å². The Morgan fingerprint density at radius 3 is 2.75 bits per heavy atom. The molecular formula is C40H54ClN3O6S. The van der Waals surface area contributed by atoms with Crippen LogP contribution in [0.25, 0.3) is 0 Å². The summed E-state index contributed by atoms with van der Waals surface area (Å²) in [5.74, 6) is 0.418. The van der Waals surface area contributed by atoms with Crippen molar-refractivity contribution in [3.05, 3.63) is 82.9 Å². The van der Waals surface area contributed by atoms with Crippen molar-refractivity contribution in [2.45, 2.75) is 81.5 Å². The first-order valence-electron chi connectivity index (χ1n) is 18.7. The first-order valence-corrected chi connectivity index (χ1v) is 20.7. The summed E-state index contributed by atoms with van der Waals surface area (Å²) in [4.78, 5) is 18.2. The van der Waals surface area contributed by atoms with Gasteiger partial charge in [0.15, 0.2) is 0 Å². The first-order chi connectivity index (χ1) is 24.6. The van der Waals surface area contributed by atoms with Gasteiger partial charge in [-0.15, -0.1) is 6.58 Å². The van der Waals surface area contributed by atoms with Crippen LogP contribution >= 0.6 is 11.6 Å². The molecule has 2 aliphatic heterocycles. The van der Waals surface area contributed by atoms with Gasteiger partial charge < -0.3 is 19.5 Å². The van der Waals surface area contributed by atoms with E-state index >= 15 is 0 Å². The summed E-state index contributed by atoms with van der Waals surface area (Å²) < 4.78 is 42.0. The number of allylic oxidation sites excluding steroid dienone is 2. The molecule has 4 aliphatic rings. The molecule has 6 rings (SSSR count). The Bertz CT molecular complexity index is 1680. The predicted molar refractivity (Wildman–Crippen MR) is 203 cm³/mol. The molecule has 2 aromatic carbocycles. The number of carbonyl (C=O) groups excluding carboxylic acids is 1. The van der Waals surface area contributed by atoms with E-state index in [0.29, 0.717) is 71.1 Å². The Morgan fingerprint density at radius 2 is 2.00 bits per heavy atom. The Morgan fingerprint density at radius 1 is 1.18 bits per heavy atom. The highest BCUT2D eigenvalue weighted by atomic mass is 35.5. The van der Waals surface area contributed by atoms with E-state index in [4.69, 9.17) is 21.1 Å². The number of ether oxygens (including phenoxy) is 2. The standard InChI is InChI=1S/C40H54ClN3O6S/c1-3-5-7-11-37(45)34-15-12-31(34)25-44-27-40(18-8-9-29-23-32(41)14-16-35(29)40)28-50-38-17-13-30(24-36(38)44)39(46)42-51(47,48)33(10-6-4-2)26-43-19-21-49-22-20-43/h4,7,11,13-14,16-17,23-24,31,33-34,37,45H,2-3,5-6,8-10,12,15,18-22,25-28H2,1H3,(H,42,46)/b11-7+/t31-,33?,34+,37?,40-/m0/s1. The minimum Gasteiger partial charge on any atom is -0.490 e. The second kappa shape index (κ2) is 16.8. The van der Waals surface area contributed by atoms with Crippen molar-refractivity contribution in [3.63, 3.8) is 0 Å². The molecule has 11 heteroatoms. The fraction of sp³-hybridized carbons (Fsp3) is 0.575. The highest BCUT2D eigenvalue weighted by molar-refractivity contribution is 7.90. The summed E-state index contributed by atoms with van der Waals surface area (Å²) in [6.45, 7) is 10.5. The average molecular weight is 740 g/mol. The minimum atomic E-state index is -4.00. The van der Waals surface area contributed by atoms with Gasteiger partial charge in [-0.25, -0.2) is 13.1 Å². The zero-order valence-corrected chi connectivity index (χ0v) is 31.5. The Kier molecular flexibility index (Phi) is 12.5. The van der Waals surface area contributed by atoms with E-state index in [0.717, 1.165) is 55.7 Å². The fourth-order valence-corrected chi connectivity index (χ4v) is 9.94.